The van der Waals surface area contributed by atoms with E-state index in [9.17, 15) is 9.18 Å². The fraction of sp³-hybridized carbons (Fsp3) is 0.0500. The average Bonchev–Trinajstić information content (AvgIpc) is 3.36. The molecule has 0 amide bonds. The number of nitrogens with two attached hydrogens (primary N) is 1. The SMILES string of the molecule is Cc1nc2ccc(-n3ncc(C(=O)c4cc5c(F)cc(Br)cc5[nH]4)c3N)cc2[nH]1. The monoisotopic (exact) mass is 452 g/mol. The molecule has 0 saturated carbocycles. The smallest absolute Gasteiger partial charge is 0.214 e. The topological polar surface area (TPSA) is 105 Å². The number of aromatic nitrogens is 5. The van der Waals surface area contributed by atoms with Gasteiger partial charge in [0, 0.05) is 9.86 Å². The van der Waals surface area contributed by atoms with Gasteiger partial charge in [0.25, 0.3) is 0 Å². The number of nitrogens with zero attached hydrogens (tertiary/aromatic N) is 3. The Morgan fingerprint density at radius 1 is 1.17 bits per heavy atom. The van der Waals surface area contributed by atoms with Crippen LogP contribution in [0.25, 0.3) is 27.6 Å². The van der Waals surface area contributed by atoms with Crippen LogP contribution in [0.15, 0.2) is 47.1 Å². The highest BCUT2D eigenvalue weighted by molar-refractivity contribution is 9.10. The van der Waals surface area contributed by atoms with E-state index in [1.54, 1.807) is 6.07 Å². The van der Waals surface area contributed by atoms with Crippen LogP contribution in [-0.2, 0) is 0 Å². The third kappa shape index (κ3) is 2.82. The minimum absolute atomic E-state index is 0.200. The van der Waals surface area contributed by atoms with Crippen molar-refractivity contribution in [1.29, 1.82) is 0 Å². The summed E-state index contributed by atoms with van der Waals surface area (Å²) < 4.78 is 16.2. The molecule has 5 rings (SSSR count). The lowest BCUT2D eigenvalue weighted by Gasteiger charge is -2.05. The Kier molecular flexibility index (Phi) is 3.82. The van der Waals surface area contributed by atoms with Crippen LogP contribution in [-0.4, -0.2) is 30.5 Å². The van der Waals surface area contributed by atoms with Gasteiger partial charge in [-0.1, -0.05) is 15.9 Å². The molecule has 0 saturated heterocycles. The van der Waals surface area contributed by atoms with E-state index < -0.39 is 5.82 Å². The van der Waals surface area contributed by atoms with E-state index >= 15 is 0 Å². The fourth-order valence-corrected chi connectivity index (χ4v) is 3.85. The quantitative estimate of drug-likeness (QED) is 0.355. The van der Waals surface area contributed by atoms with Crippen LogP contribution in [0.2, 0.25) is 0 Å². The van der Waals surface area contributed by atoms with E-state index in [-0.39, 0.29) is 22.9 Å². The molecule has 2 aromatic carbocycles. The number of anilines is 1. The Labute approximate surface area is 171 Å². The van der Waals surface area contributed by atoms with Crippen LogP contribution in [0.5, 0.6) is 0 Å². The van der Waals surface area contributed by atoms with Crippen molar-refractivity contribution in [2.24, 2.45) is 0 Å². The molecule has 3 heterocycles. The Morgan fingerprint density at radius 3 is 2.83 bits per heavy atom. The number of hydrogen-bond acceptors (Lipinski definition) is 4. The molecule has 0 spiro atoms. The van der Waals surface area contributed by atoms with Gasteiger partial charge in [0.1, 0.15) is 17.5 Å². The Balaban J connectivity index is 1.56. The fourth-order valence-electron chi connectivity index (χ4n) is 3.42. The maximum Gasteiger partial charge on any atom is 0.214 e. The van der Waals surface area contributed by atoms with E-state index in [4.69, 9.17) is 5.73 Å². The first-order chi connectivity index (χ1) is 13.9. The molecule has 5 aromatic rings. The van der Waals surface area contributed by atoms with Gasteiger partial charge in [-0.3, -0.25) is 4.79 Å². The van der Waals surface area contributed by atoms with Crippen molar-refractivity contribution in [3.8, 4) is 5.69 Å². The van der Waals surface area contributed by atoms with Crippen molar-refractivity contribution in [1.82, 2.24) is 24.7 Å². The number of aromatic amines is 2. The number of rotatable bonds is 3. The highest BCUT2D eigenvalue weighted by Gasteiger charge is 2.20. The first-order valence-corrected chi connectivity index (χ1v) is 9.53. The third-order valence-corrected chi connectivity index (χ3v) is 5.23. The molecule has 9 heteroatoms. The molecule has 4 N–H and O–H groups in total. The minimum atomic E-state index is -0.420. The molecule has 29 heavy (non-hydrogen) atoms. The van der Waals surface area contributed by atoms with Crippen molar-refractivity contribution in [3.63, 3.8) is 0 Å². The normalized spacial score (nSPS) is 11.6. The number of carbonyl (C=O) groups excluding carboxylic acids is 1. The van der Waals surface area contributed by atoms with E-state index in [1.807, 2.05) is 25.1 Å². The number of ketones is 1. The zero-order chi connectivity index (χ0) is 20.3. The summed E-state index contributed by atoms with van der Waals surface area (Å²) in [5.41, 5.74) is 9.60. The molecule has 0 unspecified atom stereocenters. The molecule has 0 aliphatic rings. The van der Waals surface area contributed by atoms with Gasteiger partial charge in [-0.05, 0) is 43.3 Å². The van der Waals surface area contributed by atoms with E-state index in [0.29, 0.717) is 21.1 Å². The first-order valence-electron chi connectivity index (χ1n) is 8.73. The Morgan fingerprint density at radius 2 is 2.00 bits per heavy atom. The van der Waals surface area contributed by atoms with Gasteiger partial charge in [-0.2, -0.15) is 5.10 Å². The number of hydrogen-bond donors (Lipinski definition) is 3. The summed E-state index contributed by atoms with van der Waals surface area (Å²) >= 11 is 3.25. The summed E-state index contributed by atoms with van der Waals surface area (Å²) in [5, 5.41) is 4.61. The number of halogens is 2. The molecule has 0 aliphatic carbocycles. The van der Waals surface area contributed by atoms with Gasteiger partial charge in [0.15, 0.2) is 0 Å². The second-order valence-corrected chi connectivity index (χ2v) is 7.66. The van der Waals surface area contributed by atoms with Crippen molar-refractivity contribution < 1.29 is 9.18 Å². The summed E-state index contributed by atoms with van der Waals surface area (Å²) in [7, 11) is 0. The second kappa shape index (κ2) is 6.28. The lowest BCUT2D eigenvalue weighted by Crippen LogP contribution is -2.07. The predicted octanol–water partition coefficient (Wildman–Crippen LogP) is 4.25. The van der Waals surface area contributed by atoms with Crippen LogP contribution < -0.4 is 5.73 Å². The predicted molar refractivity (Wildman–Crippen MR) is 112 cm³/mol. The summed E-state index contributed by atoms with van der Waals surface area (Å²) in [6, 6.07) is 10.1. The van der Waals surface area contributed by atoms with Gasteiger partial charge in [-0.15, -0.1) is 0 Å². The van der Waals surface area contributed by atoms with E-state index in [1.165, 1.54) is 23.0 Å². The molecule has 144 valence electrons. The number of nitrogens with one attached hydrogen (secondary N) is 2. The first kappa shape index (κ1) is 17.6. The lowest BCUT2D eigenvalue weighted by atomic mass is 10.1. The van der Waals surface area contributed by atoms with E-state index in [0.717, 1.165) is 16.9 Å². The van der Waals surface area contributed by atoms with Crippen LogP contribution >= 0.6 is 15.9 Å². The molecule has 0 radical (unpaired) electrons. The minimum Gasteiger partial charge on any atom is -0.383 e. The average molecular weight is 453 g/mol. The summed E-state index contributed by atoms with van der Waals surface area (Å²) in [5.74, 6) is 0.223. The lowest BCUT2D eigenvalue weighted by molar-refractivity contribution is 0.103. The Bertz CT molecular complexity index is 1430. The van der Waals surface area contributed by atoms with Gasteiger partial charge in [0.2, 0.25) is 5.78 Å². The third-order valence-electron chi connectivity index (χ3n) is 4.78. The summed E-state index contributed by atoms with van der Waals surface area (Å²) in [4.78, 5) is 23.5. The van der Waals surface area contributed by atoms with Gasteiger partial charge < -0.3 is 15.7 Å². The van der Waals surface area contributed by atoms with Crippen molar-refractivity contribution in [2.45, 2.75) is 6.92 Å². The largest absolute Gasteiger partial charge is 0.383 e. The number of carbonyl (C=O) groups is 1. The van der Waals surface area contributed by atoms with Crippen molar-refractivity contribution >= 4 is 49.5 Å². The van der Waals surface area contributed by atoms with Crippen molar-refractivity contribution in [2.75, 3.05) is 5.73 Å². The maximum absolute atomic E-state index is 14.1. The van der Waals surface area contributed by atoms with E-state index in [2.05, 4.69) is 36.0 Å². The van der Waals surface area contributed by atoms with Gasteiger partial charge in [0.05, 0.1) is 39.7 Å². The molecule has 0 bridgehead atoms. The molecule has 0 fully saturated rings. The van der Waals surface area contributed by atoms with Crippen molar-refractivity contribution in [3.05, 3.63) is 70.0 Å². The molecular weight excluding hydrogens is 439 g/mol. The van der Waals surface area contributed by atoms with Crippen LogP contribution in [0.3, 0.4) is 0 Å². The van der Waals surface area contributed by atoms with Crippen LogP contribution in [0.1, 0.15) is 21.9 Å². The molecule has 7 nitrogen and oxygen atoms in total. The highest BCUT2D eigenvalue weighted by Crippen LogP contribution is 2.27. The highest BCUT2D eigenvalue weighted by atomic mass is 79.9. The summed E-state index contributed by atoms with van der Waals surface area (Å²) in [6.07, 6.45) is 1.41. The van der Waals surface area contributed by atoms with Gasteiger partial charge >= 0.3 is 0 Å². The molecule has 0 aliphatic heterocycles. The zero-order valence-corrected chi connectivity index (χ0v) is 16.7. The summed E-state index contributed by atoms with van der Waals surface area (Å²) in [6.45, 7) is 1.88. The number of fused-ring (bicyclic) bond motifs is 2. The van der Waals surface area contributed by atoms with Gasteiger partial charge in [-0.25, -0.2) is 14.1 Å². The zero-order valence-electron chi connectivity index (χ0n) is 15.1. The maximum atomic E-state index is 14.1. The van der Waals surface area contributed by atoms with Crippen LogP contribution in [0, 0.1) is 12.7 Å². The molecular formula is C20H14BrFN6O. The number of H-pyrrole nitrogens is 2. The number of benzene rings is 2. The number of nitrogen functional groups attached to an aromatic ring is 1. The molecule has 3 aromatic heterocycles. The van der Waals surface area contributed by atoms with Crippen LogP contribution in [0.4, 0.5) is 10.2 Å². The number of aryl methyl sites for hydroxylation is 1. The Hall–Kier alpha value is -3.46. The number of imidazole rings is 1. The molecule has 0 atom stereocenters. The standard InChI is InChI=1S/C20H14BrFN6O/c1-9-25-15-3-2-11(6-17(15)26-9)28-20(23)13(8-24-28)19(29)18-7-12-14(22)4-10(21)5-16(12)27-18/h2-8,27H,23H2,1H3,(H,25,26). The second-order valence-electron chi connectivity index (χ2n) is 6.74.